The fourth-order valence-electron chi connectivity index (χ4n) is 5.00. The minimum absolute atomic E-state index is 0. The van der Waals surface area contributed by atoms with Crippen LogP contribution in [0.1, 0.15) is 139 Å². The van der Waals surface area contributed by atoms with Crippen molar-refractivity contribution in [3.63, 3.8) is 0 Å². The maximum absolute atomic E-state index is 5.38. The summed E-state index contributed by atoms with van der Waals surface area (Å²) in [5.41, 5.74) is 8.00. The molecule has 9 rings (SSSR count). The van der Waals surface area contributed by atoms with Gasteiger partial charge in [0.15, 0.2) is 23.0 Å². The first kappa shape index (κ1) is 83.6. The van der Waals surface area contributed by atoms with E-state index in [1.165, 1.54) is 33.9 Å². The van der Waals surface area contributed by atoms with Crippen LogP contribution in [0.25, 0.3) is 11.0 Å². The Morgan fingerprint density at radius 3 is 1.44 bits per heavy atom. The number of ether oxygens (including phenoxy) is 4. The molecule has 4 heterocycles. The predicted molar refractivity (Wildman–Crippen MR) is 320 cm³/mol. The second kappa shape index (κ2) is 64.7. The van der Waals surface area contributed by atoms with E-state index in [4.69, 9.17) is 25.5 Å². The Kier molecular flexibility index (Phi) is 72.1. The van der Waals surface area contributed by atoms with Gasteiger partial charge in [0.1, 0.15) is 24.2 Å². The van der Waals surface area contributed by atoms with Gasteiger partial charge in [0.05, 0.1) is 0 Å². The molecule has 75 heavy (non-hydrogen) atoms. The third kappa shape index (κ3) is 45.7. The van der Waals surface area contributed by atoms with Gasteiger partial charge in [-0.3, -0.25) is 11.1 Å². The van der Waals surface area contributed by atoms with Crippen molar-refractivity contribution in [1.82, 2.24) is 20.4 Å². The van der Waals surface area contributed by atoms with Crippen molar-refractivity contribution >= 4 is 11.0 Å². The number of allylic oxidation sites excluding steroid dienone is 9. The van der Waals surface area contributed by atoms with E-state index in [-0.39, 0.29) is 42.1 Å². The van der Waals surface area contributed by atoms with Crippen molar-refractivity contribution in [3.05, 3.63) is 205 Å². The molecule has 1 N–H and O–H groups in total. The average molecular weight is 1370 g/mol. The molecule has 3 aliphatic rings. The molecule has 0 saturated heterocycles. The quantitative estimate of drug-likeness (QED) is 0.136. The number of rotatable bonds is 2. The monoisotopic (exact) mass is 1370 g/mol. The zero-order valence-corrected chi connectivity index (χ0v) is 55.9. The van der Waals surface area contributed by atoms with Crippen LogP contribution in [-0.2, 0) is 42.1 Å². The molecule has 2 aromatic heterocycles. The second-order valence-electron chi connectivity index (χ2n) is 13.1. The number of hydrogen-bond donors (Lipinski definition) is 1. The van der Waals surface area contributed by atoms with E-state index in [2.05, 4.69) is 76.3 Å². The maximum atomic E-state index is 5.38. The minimum Gasteiger partial charge on any atom is -0.504 e. The van der Waals surface area contributed by atoms with Crippen molar-refractivity contribution in [1.29, 1.82) is 0 Å². The molecule has 1 atom stereocenters. The van der Waals surface area contributed by atoms with Crippen LogP contribution < -0.4 is 18.9 Å². The van der Waals surface area contributed by atoms with Crippen LogP contribution >= 0.6 is 0 Å². The van der Waals surface area contributed by atoms with Gasteiger partial charge >= 0.3 is 42.1 Å². The topological polar surface area (TPSA) is 91.4 Å². The van der Waals surface area contributed by atoms with Crippen LogP contribution in [0.15, 0.2) is 152 Å². The zero-order chi connectivity index (χ0) is 56.5. The summed E-state index contributed by atoms with van der Waals surface area (Å²) >= 11 is 0. The Morgan fingerprint density at radius 2 is 1.01 bits per heavy atom. The van der Waals surface area contributed by atoms with E-state index < -0.39 is 0 Å². The van der Waals surface area contributed by atoms with Crippen molar-refractivity contribution < 1.29 is 61.1 Å². The number of nitrogens with one attached hydrogen (secondary N) is 1. The summed E-state index contributed by atoms with van der Waals surface area (Å²) in [6, 6.07) is 32.1. The van der Waals surface area contributed by atoms with Crippen molar-refractivity contribution in [2.45, 2.75) is 145 Å². The number of aromatic nitrogens is 4. The molecule has 1 unspecified atom stereocenters. The van der Waals surface area contributed by atoms with E-state index in [0.717, 1.165) is 34.0 Å². The number of H-pyrrole nitrogens is 1. The van der Waals surface area contributed by atoms with Gasteiger partial charge in [-0.1, -0.05) is 163 Å². The molecule has 0 bridgehead atoms. The van der Waals surface area contributed by atoms with Gasteiger partial charge in [-0.2, -0.15) is 22.3 Å². The summed E-state index contributed by atoms with van der Waals surface area (Å²) in [5.74, 6) is 3.92. The molecule has 10 heteroatoms. The number of hydrogen-bond acceptors (Lipinski definition) is 7. The SMILES string of the molecule is CC.CC.CC.CC.CC.CC.CC.C[C-]=CC1C=CC=C[CH-]1.Cc1ccc2c(c1)OCCO2.Cc1ccc2c(c1)OCO2.Cc1ccc2n[nH]nc2c1.Cc1ccccc1.Cc1cccnc1.[CH-]=CC=[C-]C.[W+2].[W+2]. The molecule has 0 spiro atoms. The first-order chi connectivity index (χ1) is 35.7. The third-order valence-corrected chi connectivity index (χ3v) is 7.96. The molecule has 0 saturated carbocycles. The largest absolute Gasteiger partial charge is 2.00 e. The van der Waals surface area contributed by atoms with Gasteiger partial charge in [0, 0.05) is 12.4 Å². The Bertz CT molecular complexity index is 2170. The van der Waals surface area contributed by atoms with Crippen molar-refractivity contribution in [2.24, 2.45) is 5.92 Å². The summed E-state index contributed by atoms with van der Waals surface area (Å²) in [6.07, 6.45) is 24.9. The van der Waals surface area contributed by atoms with Gasteiger partial charge in [-0.15, -0.1) is 19.1 Å². The number of aryl methyl sites for hydroxylation is 5. The van der Waals surface area contributed by atoms with Gasteiger partial charge in [0.2, 0.25) is 6.79 Å². The molecular formula is C65H98N4O4W2. The summed E-state index contributed by atoms with van der Waals surface area (Å²) in [7, 11) is 0. The van der Waals surface area contributed by atoms with E-state index in [9.17, 15) is 0 Å². The Morgan fingerprint density at radius 1 is 0.533 bits per heavy atom. The summed E-state index contributed by atoms with van der Waals surface area (Å²) in [6.45, 7) is 48.5. The van der Waals surface area contributed by atoms with Crippen LogP contribution in [0, 0.1) is 65.7 Å². The molecule has 1 aliphatic carbocycles. The summed E-state index contributed by atoms with van der Waals surface area (Å²) < 4.78 is 21.0. The molecule has 414 valence electrons. The molecule has 0 fully saturated rings. The Hall–Kier alpha value is -5.42. The fourth-order valence-corrected chi connectivity index (χ4v) is 5.00. The molecule has 6 aromatic rings. The van der Waals surface area contributed by atoms with Gasteiger partial charge in [-0.25, -0.2) is 18.6 Å². The van der Waals surface area contributed by atoms with Crippen molar-refractivity contribution in [3.8, 4) is 23.0 Å². The Labute approximate surface area is 488 Å². The van der Waals surface area contributed by atoms with Crippen LogP contribution in [0.3, 0.4) is 0 Å². The van der Waals surface area contributed by atoms with E-state index in [0.29, 0.717) is 25.9 Å². The minimum atomic E-state index is 0. The Balaban J connectivity index is -0.000000139. The third-order valence-electron chi connectivity index (χ3n) is 7.96. The van der Waals surface area contributed by atoms with Crippen molar-refractivity contribution in [2.75, 3.05) is 20.0 Å². The van der Waals surface area contributed by atoms with Crippen LogP contribution in [0.5, 0.6) is 23.0 Å². The van der Waals surface area contributed by atoms with E-state index >= 15 is 0 Å². The summed E-state index contributed by atoms with van der Waals surface area (Å²) in [5, 5.41) is 10.4. The van der Waals surface area contributed by atoms with Gasteiger partial charge < -0.3 is 49.8 Å². The standard InChI is InChI=1S/C9H10O2.C9H10.C8H8O2.C7H7N3.C7H8.C6H7N.C5H6.7C2H6.2W/c1-7-2-3-8-9(6-7)11-5-4-10-8;1-2-6-9-7-4-3-5-8-9;1-6-2-3-7-8(4-6)10-5-9-7;1-5-2-3-6-7(4-5)9-10-8-6;1-7-5-3-2-4-6-7;1-6-3-2-4-7-5-6;1-3-5-4-2;7*1-2;;/h2-3,6H,4-5H2,1H3;3-9H,1H3;2-4H,5H2,1H3;2-4H,1H3,(H,8,9,10);2-6H,1H3;2-5H,1H3;1,3,5H,2H3;7*1-2H3;;/q;-2;;;;;-2;;;;;;;;2*+2. The first-order valence-corrected chi connectivity index (χ1v) is 26.3. The molecule has 4 aromatic carbocycles. The number of nitrogens with zero attached hydrogens (tertiary/aromatic N) is 3. The maximum Gasteiger partial charge on any atom is 2.00 e. The van der Waals surface area contributed by atoms with Gasteiger partial charge in [-0.05, 0) is 99.3 Å². The van der Waals surface area contributed by atoms with Crippen LogP contribution in [0.4, 0.5) is 0 Å². The van der Waals surface area contributed by atoms with Crippen LogP contribution in [0.2, 0.25) is 0 Å². The first-order valence-electron chi connectivity index (χ1n) is 26.3. The molecule has 0 amide bonds. The fraction of sp³-hybridized carbons (Fsp3) is 0.385. The predicted octanol–water partition coefficient (Wildman–Crippen LogP) is 19.0. The zero-order valence-electron chi connectivity index (χ0n) is 50.1. The smallest absolute Gasteiger partial charge is 0.504 e. The molecular weight excluding hydrogens is 1270 g/mol. The van der Waals surface area contributed by atoms with E-state index in [1.807, 2.05) is 235 Å². The second-order valence-corrected chi connectivity index (χ2v) is 13.1. The molecule has 8 nitrogen and oxygen atoms in total. The van der Waals surface area contributed by atoms with E-state index in [1.54, 1.807) is 19.2 Å². The number of fused-ring (bicyclic) bond motifs is 3. The number of benzene rings is 4. The molecule has 2 aliphatic heterocycles. The normalized spacial score (nSPS) is 11.1. The average Bonchev–Trinajstić information content (AvgIpc) is 4.14. The number of pyridine rings is 1. The van der Waals surface area contributed by atoms with Gasteiger partial charge in [0.25, 0.3) is 0 Å². The van der Waals surface area contributed by atoms with Crippen LogP contribution in [-0.4, -0.2) is 40.4 Å². The molecule has 0 radical (unpaired) electrons. The summed E-state index contributed by atoms with van der Waals surface area (Å²) in [4.78, 5) is 3.88. The number of aromatic amines is 1.